The molecule has 0 aromatic rings. The Morgan fingerprint density at radius 3 is 2.41 bits per heavy atom. The first kappa shape index (κ1) is 13.4. The molecule has 0 bridgehead atoms. The summed E-state index contributed by atoms with van der Waals surface area (Å²) in [5.74, 6) is 2.24. The Morgan fingerprint density at radius 1 is 1.12 bits per heavy atom. The van der Waals surface area contributed by atoms with Crippen molar-refractivity contribution >= 4 is 0 Å². The van der Waals surface area contributed by atoms with E-state index in [1.807, 2.05) is 0 Å². The highest BCUT2D eigenvalue weighted by Crippen LogP contribution is 2.61. The predicted octanol–water partition coefficient (Wildman–Crippen LogP) is 4.37. The van der Waals surface area contributed by atoms with Crippen LogP contribution >= 0.6 is 0 Å². The van der Waals surface area contributed by atoms with Gasteiger partial charge in [0.1, 0.15) is 0 Å². The number of hydrogen-bond donors (Lipinski definition) is 1. The minimum atomic E-state index is 0.652. The van der Waals surface area contributed by atoms with E-state index in [1.165, 1.54) is 51.5 Å². The molecule has 2 atom stereocenters. The van der Waals surface area contributed by atoms with Crippen molar-refractivity contribution in [3.63, 3.8) is 0 Å². The van der Waals surface area contributed by atoms with Crippen molar-refractivity contribution in [3.8, 4) is 0 Å². The second kappa shape index (κ2) is 5.73. The molecule has 2 saturated carbocycles. The van der Waals surface area contributed by atoms with E-state index in [-0.39, 0.29) is 0 Å². The Hall–Kier alpha value is -0.0400. The minimum absolute atomic E-state index is 0.652. The van der Waals surface area contributed by atoms with Gasteiger partial charge < -0.3 is 5.32 Å². The summed E-state index contributed by atoms with van der Waals surface area (Å²) in [4.78, 5) is 0. The fourth-order valence-corrected chi connectivity index (χ4v) is 3.79. The topological polar surface area (TPSA) is 12.0 Å². The zero-order valence-corrected chi connectivity index (χ0v) is 12.1. The first-order valence-electron chi connectivity index (χ1n) is 7.88. The molecule has 1 heteroatoms. The molecule has 1 N–H and O–H groups in total. The standard InChI is InChI=1S/C16H31N/c1-4-5-6-7-8-16(12-17-13(2)3)10-14-9-15(14)11-16/h13-15,17H,4-12H2,1-3H3. The molecule has 0 radical (unpaired) electrons. The molecule has 0 aliphatic heterocycles. The van der Waals surface area contributed by atoms with Crippen molar-refractivity contribution in [3.05, 3.63) is 0 Å². The molecule has 2 fully saturated rings. The molecule has 100 valence electrons. The van der Waals surface area contributed by atoms with Gasteiger partial charge in [0.25, 0.3) is 0 Å². The molecule has 1 nitrogen and oxygen atoms in total. The van der Waals surface area contributed by atoms with Crippen LogP contribution in [0.25, 0.3) is 0 Å². The molecular weight excluding hydrogens is 206 g/mol. The Morgan fingerprint density at radius 2 is 1.82 bits per heavy atom. The van der Waals surface area contributed by atoms with Crippen LogP contribution in [0.3, 0.4) is 0 Å². The number of unbranched alkanes of at least 4 members (excludes halogenated alkanes) is 3. The summed E-state index contributed by atoms with van der Waals surface area (Å²) < 4.78 is 0. The predicted molar refractivity (Wildman–Crippen MR) is 75.2 cm³/mol. The van der Waals surface area contributed by atoms with Gasteiger partial charge in [0.05, 0.1) is 0 Å². The van der Waals surface area contributed by atoms with E-state index in [4.69, 9.17) is 0 Å². The average molecular weight is 237 g/mol. The van der Waals surface area contributed by atoms with Gasteiger partial charge in [0.2, 0.25) is 0 Å². The Kier molecular flexibility index (Phi) is 4.52. The van der Waals surface area contributed by atoms with Crippen molar-refractivity contribution in [2.75, 3.05) is 6.54 Å². The summed E-state index contributed by atoms with van der Waals surface area (Å²) in [7, 11) is 0. The van der Waals surface area contributed by atoms with Gasteiger partial charge in [-0.2, -0.15) is 0 Å². The fraction of sp³-hybridized carbons (Fsp3) is 1.00. The van der Waals surface area contributed by atoms with Crippen LogP contribution in [-0.2, 0) is 0 Å². The van der Waals surface area contributed by atoms with Gasteiger partial charge in [-0.1, -0.05) is 46.5 Å². The van der Waals surface area contributed by atoms with E-state index in [2.05, 4.69) is 26.1 Å². The van der Waals surface area contributed by atoms with E-state index < -0.39 is 0 Å². The van der Waals surface area contributed by atoms with Crippen molar-refractivity contribution in [1.29, 1.82) is 0 Å². The SMILES string of the molecule is CCCCCCC1(CNC(C)C)CC2CC2C1. The van der Waals surface area contributed by atoms with Crippen LogP contribution in [-0.4, -0.2) is 12.6 Å². The van der Waals surface area contributed by atoms with Crippen molar-refractivity contribution in [2.24, 2.45) is 17.3 Å². The molecule has 0 aromatic carbocycles. The van der Waals surface area contributed by atoms with Gasteiger partial charge >= 0.3 is 0 Å². The molecule has 2 unspecified atom stereocenters. The van der Waals surface area contributed by atoms with Gasteiger partial charge in [0, 0.05) is 12.6 Å². The largest absolute Gasteiger partial charge is 0.314 e. The van der Waals surface area contributed by atoms with Crippen LogP contribution < -0.4 is 5.32 Å². The summed E-state index contributed by atoms with van der Waals surface area (Å²) in [6.07, 6.45) is 11.8. The second-order valence-electron chi connectivity index (χ2n) is 7.01. The molecule has 0 amide bonds. The van der Waals surface area contributed by atoms with Crippen LogP contribution in [0, 0.1) is 17.3 Å². The van der Waals surface area contributed by atoms with Crippen molar-refractivity contribution in [1.82, 2.24) is 5.32 Å². The molecule has 0 heterocycles. The molecule has 0 saturated heterocycles. The lowest BCUT2D eigenvalue weighted by Gasteiger charge is -2.32. The van der Waals surface area contributed by atoms with Gasteiger partial charge in [0.15, 0.2) is 0 Å². The van der Waals surface area contributed by atoms with E-state index in [9.17, 15) is 0 Å². The fourth-order valence-electron chi connectivity index (χ4n) is 3.79. The zero-order valence-electron chi connectivity index (χ0n) is 12.1. The third kappa shape index (κ3) is 3.71. The number of fused-ring (bicyclic) bond motifs is 1. The van der Waals surface area contributed by atoms with Crippen LogP contribution in [0.15, 0.2) is 0 Å². The average Bonchev–Trinajstić information content (AvgIpc) is 2.91. The van der Waals surface area contributed by atoms with Crippen LogP contribution in [0.1, 0.15) is 72.1 Å². The molecule has 0 spiro atoms. The van der Waals surface area contributed by atoms with Crippen LogP contribution in [0.5, 0.6) is 0 Å². The zero-order chi connectivity index (χ0) is 12.3. The van der Waals surface area contributed by atoms with Gasteiger partial charge in [-0.05, 0) is 42.9 Å². The maximum absolute atomic E-state index is 3.71. The highest BCUT2D eigenvalue weighted by atomic mass is 14.9. The van der Waals surface area contributed by atoms with Gasteiger partial charge in [-0.25, -0.2) is 0 Å². The lowest BCUT2D eigenvalue weighted by atomic mass is 9.78. The third-order valence-corrected chi connectivity index (χ3v) is 4.91. The van der Waals surface area contributed by atoms with Crippen LogP contribution in [0.4, 0.5) is 0 Å². The molecule has 2 aliphatic rings. The maximum Gasteiger partial charge on any atom is 0.00106 e. The van der Waals surface area contributed by atoms with Gasteiger partial charge in [-0.15, -0.1) is 0 Å². The Labute approximate surface area is 108 Å². The summed E-state index contributed by atoms with van der Waals surface area (Å²) in [6.45, 7) is 8.14. The first-order chi connectivity index (χ1) is 8.15. The van der Waals surface area contributed by atoms with Gasteiger partial charge in [-0.3, -0.25) is 0 Å². The smallest absolute Gasteiger partial charge is 0.00106 e. The maximum atomic E-state index is 3.71. The Bertz CT molecular complexity index is 224. The third-order valence-electron chi connectivity index (χ3n) is 4.91. The van der Waals surface area contributed by atoms with Crippen molar-refractivity contribution < 1.29 is 0 Å². The molecule has 2 aliphatic carbocycles. The second-order valence-corrected chi connectivity index (χ2v) is 7.01. The summed E-state index contributed by atoms with van der Waals surface area (Å²) >= 11 is 0. The highest BCUT2D eigenvalue weighted by Gasteiger charge is 2.52. The lowest BCUT2D eigenvalue weighted by Crippen LogP contribution is -2.36. The highest BCUT2D eigenvalue weighted by molar-refractivity contribution is 5.04. The van der Waals surface area contributed by atoms with E-state index in [1.54, 1.807) is 6.42 Å². The number of nitrogens with one attached hydrogen (secondary N) is 1. The molecule has 2 rings (SSSR count). The molecule has 0 aromatic heterocycles. The van der Waals surface area contributed by atoms with Crippen LogP contribution in [0.2, 0.25) is 0 Å². The Balaban J connectivity index is 1.76. The molecule has 17 heavy (non-hydrogen) atoms. The quantitative estimate of drug-likeness (QED) is 0.618. The minimum Gasteiger partial charge on any atom is -0.314 e. The van der Waals surface area contributed by atoms with E-state index >= 15 is 0 Å². The van der Waals surface area contributed by atoms with Crippen molar-refractivity contribution in [2.45, 2.75) is 78.2 Å². The lowest BCUT2D eigenvalue weighted by molar-refractivity contribution is 0.216. The normalized spacial score (nSPS) is 35.3. The first-order valence-corrected chi connectivity index (χ1v) is 7.88. The van der Waals surface area contributed by atoms with E-state index in [0.717, 1.165) is 11.8 Å². The summed E-state index contributed by atoms with van der Waals surface area (Å²) in [5.41, 5.74) is 0.686. The monoisotopic (exact) mass is 237 g/mol. The number of rotatable bonds is 8. The summed E-state index contributed by atoms with van der Waals surface area (Å²) in [5, 5.41) is 3.71. The van der Waals surface area contributed by atoms with E-state index in [0.29, 0.717) is 11.5 Å². The summed E-state index contributed by atoms with van der Waals surface area (Å²) in [6, 6.07) is 0.652. The number of hydrogen-bond acceptors (Lipinski definition) is 1. The molecular formula is C16H31N.